The molecular formula is C23H30N2O5. The first-order chi connectivity index (χ1) is 14.3. The van der Waals surface area contributed by atoms with Gasteiger partial charge in [-0.3, -0.25) is 0 Å². The van der Waals surface area contributed by atoms with Crippen molar-refractivity contribution in [3.63, 3.8) is 0 Å². The van der Waals surface area contributed by atoms with Gasteiger partial charge in [0.1, 0.15) is 0 Å². The molecule has 0 spiro atoms. The summed E-state index contributed by atoms with van der Waals surface area (Å²) < 4.78 is 9.65. The first-order valence-electron chi connectivity index (χ1n) is 9.81. The first kappa shape index (κ1) is 23.4. The topological polar surface area (TPSA) is 111 Å². The number of aliphatic hydroxyl groups is 1. The van der Waals surface area contributed by atoms with E-state index in [4.69, 9.17) is 15.2 Å². The van der Waals surface area contributed by atoms with Crippen LogP contribution in [-0.2, 0) is 21.5 Å². The van der Waals surface area contributed by atoms with Crippen molar-refractivity contribution in [2.24, 2.45) is 11.7 Å². The van der Waals surface area contributed by atoms with E-state index in [1.165, 1.54) is 20.3 Å². The highest BCUT2D eigenvalue weighted by Gasteiger charge is 2.36. The lowest BCUT2D eigenvalue weighted by Gasteiger charge is -2.35. The number of carbonyl (C=O) groups is 2. The molecule has 2 aromatic carbocycles. The third-order valence-corrected chi connectivity index (χ3v) is 5.48. The van der Waals surface area contributed by atoms with Crippen LogP contribution < -0.4 is 11.1 Å². The minimum Gasteiger partial charge on any atom is -0.465 e. The molecule has 30 heavy (non-hydrogen) atoms. The Morgan fingerprint density at radius 1 is 1.10 bits per heavy atom. The van der Waals surface area contributed by atoms with Gasteiger partial charge >= 0.3 is 11.9 Å². The van der Waals surface area contributed by atoms with Gasteiger partial charge in [-0.15, -0.1) is 0 Å². The Balaban J connectivity index is 2.55. The van der Waals surface area contributed by atoms with E-state index in [2.05, 4.69) is 5.32 Å². The zero-order chi connectivity index (χ0) is 22.3. The van der Waals surface area contributed by atoms with Crippen LogP contribution in [0.3, 0.4) is 0 Å². The molecule has 0 aliphatic rings. The molecule has 0 aliphatic carbocycles. The summed E-state index contributed by atoms with van der Waals surface area (Å²) in [5, 5.41) is 14.8. The van der Waals surface area contributed by atoms with Gasteiger partial charge in [0.2, 0.25) is 0 Å². The van der Waals surface area contributed by atoms with Gasteiger partial charge in [-0.2, -0.15) is 0 Å². The van der Waals surface area contributed by atoms with Crippen molar-refractivity contribution in [3.05, 3.63) is 64.7 Å². The summed E-state index contributed by atoms with van der Waals surface area (Å²) in [7, 11) is 4.37. The molecule has 0 radical (unpaired) electrons. The summed E-state index contributed by atoms with van der Waals surface area (Å²) in [6, 6.07) is 12.2. The van der Waals surface area contributed by atoms with Crippen LogP contribution in [-0.4, -0.2) is 44.9 Å². The number of ether oxygens (including phenoxy) is 2. The van der Waals surface area contributed by atoms with Gasteiger partial charge in [0, 0.05) is 19.2 Å². The van der Waals surface area contributed by atoms with E-state index in [-0.39, 0.29) is 23.5 Å². The maximum atomic E-state index is 12.4. The van der Waals surface area contributed by atoms with E-state index in [0.717, 1.165) is 11.3 Å². The molecule has 2 atom stereocenters. The Morgan fingerprint density at radius 3 is 2.27 bits per heavy atom. The van der Waals surface area contributed by atoms with Crippen molar-refractivity contribution >= 4 is 17.6 Å². The molecule has 0 saturated heterocycles. The van der Waals surface area contributed by atoms with Gasteiger partial charge in [0.05, 0.1) is 30.9 Å². The van der Waals surface area contributed by atoms with Crippen LogP contribution in [0.4, 0.5) is 5.69 Å². The molecule has 0 fully saturated rings. The molecule has 7 heteroatoms. The fourth-order valence-electron chi connectivity index (χ4n) is 3.54. The number of benzene rings is 2. The fraction of sp³-hybridized carbons (Fsp3) is 0.391. The van der Waals surface area contributed by atoms with Gasteiger partial charge in [0.25, 0.3) is 0 Å². The largest absolute Gasteiger partial charge is 0.465 e. The van der Waals surface area contributed by atoms with Crippen LogP contribution in [0, 0.1) is 5.92 Å². The highest BCUT2D eigenvalue weighted by atomic mass is 16.5. The number of anilines is 1. The van der Waals surface area contributed by atoms with E-state index in [0.29, 0.717) is 18.5 Å². The highest BCUT2D eigenvalue weighted by molar-refractivity contribution is 5.96. The molecule has 162 valence electrons. The van der Waals surface area contributed by atoms with Gasteiger partial charge in [-0.25, -0.2) is 9.59 Å². The Bertz CT molecular complexity index is 882. The number of nitrogens with two attached hydrogens (primary N) is 1. The van der Waals surface area contributed by atoms with Crippen LogP contribution in [0.5, 0.6) is 0 Å². The molecule has 0 amide bonds. The number of hydrogen-bond donors (Lipinski definition) is 3. The number of carbonyl (C=O) groups excluding carboxylic acids is 2. The quantitative estimate of drug-likeness (QED) is 0.541. The van der Waals surface area contributed by atoms with E-state index in [1.54, 1.807) is 12.1 Å². The minimum atomic E-state index is -1.28. The predicted molar refractivity (Wildman–Crippen MR) is 116 cm³/mol. The van der Waals surface area contributed by atoms with Crippen molar-refractivity contribution in [3.8, 4) is 0 Å². The van der Waals surface area contributed by atoms with E-state index in [9.17, 15) is 14.7 Å². The van der Waals surface area contributed by atoms with E-state index < -0.39 is 17.5 Å². The molecule has 0 bridgehead atoms. The molecular weight excluding hydrogens is 384 g/mol. The summed E-state index contributed by atoms with van der Waals surface area (Å²) in [5.74, 6) is -1.33. The third kappa shape index (κ3) is 4.98. The molecule has 0 heterocycles. The normalized spacial score (nSPS) is 13.8. The Kier molecular flexibility index (Phi) is 7.97. The maximum absolute atomic E-state index is 12.4. The maximum Gasteiger partial charge on any atom is 0.338 e. The van der Waals surface area contributed by atoms with Crippen LogP contribution in [0.2, 0.25) is 0 Å². The summed E-state index contributed by atoms with van der Waals surface area (Å²) in [5.41, 5.74) is 7.14. The predicted octanol–water partition coefficient (Wildman–Crippen LogP) is 2.72. The zero-order valence-corrected chi connectivity index (χ0v) is 17.9. The molecule has 2 aromatic rings. The second-order valence-electron chi connectivity index (χ2n) is 7.26. The third-order valence-electron chi connectivity index (χ3n) is 5.48. The van der Waals surface area contributed by atoms with Gasteiger partial charge in [-0.05, 0) is 54.3 Å². The number of methoxy groups -OCH3 is 2. The highest BCUT2D eigenvalue weighted by Crippen LogP contribution is 2.37. The van der Waals surface area contributed by atoms with Crippen LogP contribution >= 0.6 is 0 Å². The SMILES string of the molecule is CNc1ccc(C(O)(Cc2ccc(C(=O)OC)cc2C(=O)OC)C(C)CCN)cc1. The molecule has 0 aromatic heterocycles. The molecule has 0 saturated carbocycles. The van der Waals surface area contributed by atoms with Gasteiger partial charge in [-0.1, -0.05) is 25.1 Å². The van der Waals surface area contributed by atoms with Crippen LogP contribution in [0.1, 0.15) is 45.2 Å². The van der Waals surface area contributed by atoms with Crippen molar-refractivity contribution in [2.45, 2.75) is 25.4 Å². The monoisotopic (exact) mass is 414 g/mol. The molecule has 2 unspecified atom stereocenters. The smallest absolute Gasteiger partial charge is 0.338 e. The second kappa shape index (κ2) is 10.2. The zero-order valence-electron chi connectivity index (χ0n) is 17.9. The minimum absolute atomic E-state index is 0.152. The standard InChI is InChI=1S/C23H30N2O5/c1-15(11-12-24)23(28,18-7-9-19(25-2)10-8-18)14-17-6-5-16(21(26)29-3)13-20(17)22(27)30-4/h5-10,13,15,25,28H,11-12,14,24H2,1-4H3. The number of esters is 2. The van der Waals surface area contributed by atoms with Crippen molar-refractivity contribution in [2.75, 3.05) is 33.1 Å². The number of hydrogen-bond acceptors (Lipinski definition) is 7. The molecule has 7 nitrogen and oxygen atoms in total. The summed E-state index contributed by atoms with van der Waals surface area (Å²) >= 11 is 0. The van der Waals surface area contributed by atoms with E-state index in [1.807, 2.05) is 38.2 Å². The first-order valence-corrected chi connectivity index (χ1v) is 9.81. The van der Waals surface area contributed by atoms with Crippen LogP contribution in [0.15, 0.2) is 42.5 Å². The summed E-state index contributed by atoms with van der Waals surface area (Å²) in [6.45, 7) is 2.35. The Labute approximate surface area is 177 Å². The lowest BCUT2D eigenvalue weighted by Crippen LogP contribution is -2.37. The number of nitrogens with one attached hydrogen (secondary N) is 1. The fourth-order valence-corrected chi connectivity index (χ4v) is 3.54. The van der Waals surface area contributed by atoms with Crippen molar-refractivity contribution < 1.29 is 24.2 Å². The number of rotatable bonds is 9. The Morgan fingerprint density at radius 2 is 1.73 bits per heavy atom. The molecule has 2 rings (SSSR count). The van der Waals surface area contributed by atoms with E-state index >= 15 is 0 Å². The van der Waals surface area contributed by atoms with Crippen molar-refractivity contribution in [1.29, 1.82) is 0 Å². The summed E-state index contributed by atoms with van der Waals surface area (Å²) in [4.78, 5) is 24.3. The van der Waals surface area contributed by atoms with Crippen LogP contribution in [0.25, 0.3) is 0 Å². The Hall–Kier alpha value is -2.90. The summed E-state index contributed by atoms with van der Waals surface area (Å²) in [6.07, 6.45) is 0.747. The molecule has 4 N–H and O–H groups in total. The molecule has 0 aliphatic heterocycles. The van der Waals surface area contributed by atoms with Gasteiger partial charge < -0.3 is 25.6 Å². The lowest BCUT2D eigenvalue weighted by atomic mass is 9.75. The lowest BCUT2D eigenvalue weighted by molar-refractivity contribution is -0.0196. The second-order valence-corrected chi connectivity index (χ2v) is 7.26. The van der Waals surface area contributed by atoms with Crippen molar-refractivity contribution in [1.82, 2.24) is 0 Å². The average molecular weight is 415 g/mol. The average Bonchev–Trinajstić information content (AvgIpc) is 2.78. The van der Waals surface area contributed by atoms with Gasteiger partial charge in [0.15, 0.2) is 0 Å².